The van der Waals surface area contributed by atoms with Crippen LogP contribution < -0.4 is 0 Å². The molecule has 1 aromatic carbocycles. The summed E-state index contributed by atoms with van der Waals surface area (Å²) < 4.78 is 0. The number of allylic oxidation sites excluding steroid dienone is 1. The lowest BCUT2D eigenvalue weighted by Crippen LogP contribution is -1.88. The van der Waals surface area contributed by atoms with E-state index in [1.54, 1.807) is 0 Å². The summed E-state index contributed by atoms with van der Waals surface area (Å²) in [7, 11) is 0. The number of rotatable bonds is 3. The lowest BCUT2D eigenvalue weighted by atomic mass is 10.00. The number of hydrogen-bond acceptors (Lipinski definition) is 0. The second-order valence-corrected chi connectivity index (χ2v) is 3.12. The molecule has 1 aromatic rings. The predicted molar refractivity (Wildman–Crippen MR) is 54.4 cm³/mol. The number of benzene rings is 1. The summed E-state index contributed by atoms with van der Waals surface area (Å²) in [6, 6.07) is 8.75. The Hall–Kier alpha value is -1.04. The Morgan fingerprint density at radius 1 is 1.33 bits per heavy atom. The molecule has 0 heterocycles. The molecule has 64 valence electrons. The van der Waals surface area contributed by atoms with Crippen molar-refractivity contribution in [2.45, 2.75) is 26.2 Å². The first-order valence-electron chi connectivity index (χ1n) is 4.49. The molecule has 1 rings (SSSR count). The highest BCUT2D eigenvalue weighted by molar-refractivity contribution is 5.26. The zero-order valence-electron chi connectivity index (χ0n) is 7.88. The molecule has 0 aliphatic rings. The minimum absolute atomic E-state index is 0.468. The number of aryl methyl sites for hydroxylation is 1. The minimum Gasteiger partial charge on any atom is -0.102 e. The Morgan fingerprint density at radius 3 is 2.33 bits per heavy atom. The molecule has 0 aliphatic heterocycles. The van der Waals surface area contributed by atoms with Crippen LogP contribution in [-0.2, 0) is 6.42 Å². The van der Waals surface area contributed by atoms with Crippen LogP contribution in [0.2, 0.25) is 0 Å². The standard InChI is InChI=1S/C12H16/c1-4-10(3)12-8-6-11(5-2)7-9-12/h4,6-10H,1,5H2,2-3H3. The topological polar surface area (TPSA) is 0 Å². The average Bonchev–Trinajstić information content (AvgIpc) is 2.17. The molecule has 0 fully saturated rings. The summed E-state index contributed by atoms with van der Waals surface area (Å²) in [6.45, 7) is 8.11. The fourth-order valence-corrected chi connectivity index (χ4v) is 1.19. The van der Waals surface area contributed by atoms with Gasteiger partial charge >= 0.3 is 0 Å². The van der Waals surface area contributed by atoms with E-state index in [4.69, 9.17) is 0 Å². The molecular weight excluding hydrogens is 144 g/mol. The Morgan fingerprint density at radius 2 is 1.92 bits per heavy atom. The van der Waals surface area contributed by atoms with Crippen LogP contribution in [0.1, 0.15) is 30.9 Å². The van der Waals surface area contributed by atoms with E-state index in [0.717, 1.165) is 6.42 Å². The summed E-state index contributed by atoms with van der Waals surface area (Å²) in [5.74, 6) is 0.468. The Balaban J connectivity index is 2.84. The second-order valence-electron chi connectivity index (χ2n) is 3.12. The van der Waals surface area contributed by atoms with Crippen molar-refractivity contribution in [2.24, 2.45) is 0 Å². The van der Waals surface area contributed by atoms with Crippen LogP contribution in [0.5, 0.6) is 0 Å². The molecule has 0 heteroatoms. The highest BCUT2D eigenvalue weighted by Crippen LogP contribution is 2.16. The third-order valence-corrected chi connectivity index (χ3v) is 2.27. The average molecular weight is 160 g/mol. The largest absolute Gasteiger partial charge is 0.102 e. The van der Waals surface area contributed by atoms with Gasteiger partial charge in [-0.2, -0.15) is 0 Å². The normalized spacial score (nSPS) is 12.5. The van der Waals surface area contributed by atoms with Crippen LogP contribution in [0.4, 0.5) is 0 Å². The maximum Gasteiger partial charge on any atom is -0.00131 e. The maximum atomic E-state index is 3.78. The fraction of sp³-hybridized carbons (Fsp3) is 0.333. The van der Waals surface area contributed by atoms with E-state index in [1.165, 1.54) is 11.1 Å². The highest BCUT2D eigenvalue weighted by Gasteiger charge is 1.98. The summed E-state index contributed by atoms with van der Waals surface area (Å²) in [5.41, 5.74) is 2.75. The fourth-order valence-electron chi connectivity index (χ4n) is 1.19. The van der Waals surface area contributed by atoms with Gasteiger partial charge in [0.1, 0.15) is 0 Å². The van der Waals surface area contributed by atoms with Crippen molar-refractivity contribution in [3.63, 3.8) is 0 Å². The van der Waals surface area contributed by atoms with Gasteiger partial charge in [0.25, 0.3) is 0 Å². The van der Waals surface area contributed by atoms with E-state index < -0.39 is 0 Å². The van der Waals surface area contributed by atoms with Gasteiger partial charge in [0.2, 0.25) is 0 Å². The first-order valence-corrected chi connectivity index (χ1v) is 4.49. The van der Waals surface area contributed by atoms with Gasteiger partial charge in [-0.1, -0.05) is 44.2 Å². The number of hydrogen-bond donors (Lipinski definition) is 0. The van der Waals surface area contributed by atoms with E-state index in [0.29, 0.717) is 5.92 Å². The Kier molecular flexibility index (Phi) is 3.09. The van der Waals surface area contributed by atoms with Gasteiger partial charge < -0.3 is 0 Å². The molecule has 0 spiro atoms. The molecule has 1 atom stereocenters. The molecule has 0 N–H and O–H groups in total. The minimum atomic E-state index is 0.468. The van der Waals surface area contributed by atoms with Crippen molar-refractivity contribution in [3.8, 4) is 0 Å². The third kappa shape index (κ3) is 1.97. The van der Waals surface area contributed by atoms with Crippen molar-refractivity contribution in [1.82, 2.24) is 0 Å². The predicted octanol–water partition coefficient (Wildman–Crippen LogP) is 3.54. The van der Waals surface area contributed by atoms with Crippen molar-refractivity contribution >= 4 is 0 Å². The lowest BCUT2D eigenvalue weighted by Gasteiger charge is -2.06. The Bertz CT molecular complexity index is 243. The molecule has 12 heavy (non-hydrogen) atoms. The molecule has 0 radical (unpaired) electrons. The summed E-state index contributed by atoms with van der Waals surface area (Å²) in [6.07, 6.45) is 3.09. The first kappa shape index (κ1) is 9.05. The zero-order valence-corrected chi connectivity index (χ0v) is 7.88. The van der Waals surface area contributed by atoms with Crippen molar-refractivity contribution < 1.29 is 0 Å². The van der Waals surface area contributed by atoms with Gasteiger partial charge in [0.15, 0.2) is 0 Å². The van der Waals surface area contributed by atoms with E-state index in [2.05, 4.69) is 44.7 Å². The molecule has 0 amide bonds. The first-order chi connectivity index (χ1) is 5.77. The van der Waals surface area contributed by atoms with Gasteiger partial charge in [-0.05, 0) is 23.5 Å². The van der Waals surface area contributed by atoms with Crippen LogP contribution in [0.3, 0.4) is 0 Å². The van der Waals surface area contributed by atoms with Gasteiger partial charge in [-0.3, -0.25) is 0 Å². The van der Waals surface area contributed by atoms with Gasteiger partial charge in [-0.25, -0.2) is 0 Å². The van der Waals surface area contributed by atoms with Crippen LogP contribution in [-0.4, -0.2) is 0 Å². The molecule has 0 aromatic heterocycles. The molecule has 0 nitrogen and oxygen atoms in total. The van der Waals surface area contributed by atoms with E-state index in [-0.39, 0.29) is 0 Å². The van der Waals surface area contributed by atoms with Gasteiger partial charge in [0.05, 0.1) is 0 Å². The smallest absolute Gasteiger partial charge is 0.00131 e. The van der Waals surface area contributed by atoms with E-state index >= 15 is 0 Å². The molecule has 0 aliphatic carbocycles. The molecular formula is C12H16. The van der Waals surface area contributed by atoms with E-state index in [1.807, 2.05) is 6.08 Å². The van der Waals surface area contributed by atoms with Crippen LogP contribution in [0.15, 0.2) is 36.9 Å². The van der Waals surface area contributed by atoms with Crippen LogP contribution >= 0.6 is 0 Å². The SMILES string of the molecule is C=CC(C)c1ccc(CC)cc1. The lowest BCUT2D eigenvalue weighted by molar-refractivity contribution is 0.966. The molecule has 1 unspecified atom stereocenters. The van der Waals surface area contributed by atoms with Crippen molar-refractivity contribution in [1.29, 1.82) is 0 Å². The molecule has 0 saturated heterocycles. The third-order valence-electron chi connectivity index (χ3n) is 2.27. The second kappa shape index (κ2) is 4.10. The van der Waals surface area contributed by atoms with Crippen molar-refractivity contribution in [3.05, 3.63) is 48.0 Å². The van der Waals surface area contributed by atoms with Gasteiger partial charge in [-0.15, -0.1) is 6.58 Å². The maximum absolute atomic E-state index is 3.78. The summed E-state index contributed by atoms with van der Waals surface area (Å²) >= 11 is 0. The van der Waals surface area contributed by atoms with E-state index in [9.17, 15) is 0 Å². The van der Waals surface area contributed by atoms with Crippen LogP contribution in [0, 0.1) is 0 Å². The molecule has 0 bridgehead atoms. The summed E-state index contributed by atoms with van der Waals surface area (Å²) in [4.78, 5) is 0. The Labute approximate surface area is 74.9 Å². The quantitative estimate of drug-likeness (QED) is 0.593. The van der Waals surface area contributed by atoms with Gasteiger partial charge in [0, 0.05) is 0 Å². The van der Waals surface area contributed by atoms with Crippen molar-refractivity contribution in [2.75, 3.05) is 0 Å². The monoisotopic (exact) mass is 160 g/mol. The summed E-state index contributed by atoms with van der Waals surface area (Å²) in [5, 5.41) is 0. The zero-order chi connectivity index (χ0) is 8.97. The highest BCUT2D eigenvalue weighted by atomic mass is 14.0. The molecule has 0 saturated carbocycles. The van der Waals surface area contributed by atoms with Crippen LogP contribution in [0.25, 0.3) is 0 Å².